The number of pyridine rings is 2. The molecule has 35 heavy (non-hydrogen) atoms. The molecule has 0 radical (unpaired) electrons. The molecule has 1 unspecified atom stereocenters. The molecule has 1 fully saturated rings. The highest BCUT2D eigenvalue weighted by molar-refractivity contribution is 6.07. The number of carbonyl (C=O) groups is 1. The van der Waals surface area contributed by atoms with Crippen molar-refractivity contribution in [3.63, 3.8) is 0 Å². The van der Waals surface area contributed by atoms with Crippen molar-refractivity contribution in [2.24, 2.45) is 11.7 Å². The fourth-order valence-corrected chi connectivity index (χ4v) is 3.82. The monoisotopic (exact) mass is 480 g/mol. The predicted molar refractivity (Wildman–Crippen MR) is 132 cm³/mol. The molecule has 11 heteroatoms. The van der Waals surface area contributed by atoms with Crippen LogP contribution in [0, 0.1) is 11.7 Å². The number of halogens is 1. The van der Waals surface area contributed by atoms with E-state index in [1.54, 1.807) is 12.4 Å². The molecule has 0 bridgehead atoms. The first kappa shape index (κ1) is 24.3. The Kier molecular flexibility index (Phi) is 7.35. The quantitative estimate of drug-likeness (QED) is 0.465. The predicted octanol–water partition coefficient (Wildman–Crippen LogP) is 2.87. The van der Waals surface area contributed by atoms with Crippen LogP contribution in [-0.2, 0) is 0 Å². The van der Waals surface area contributed by atoms with E-state index in [1.807, 2.05) is 19.9 Å². The molecular weight excluding hydrogens is 451 g/mol. The molecular formula is C24H29FN8O2. The van der Waals surface area contributed by atoms with Gasteiger partial charge in [0, 0.05) is 31.4 Å². The molecule has 184 valence electrons. The van der Waals surface area contributed by atoms with Gasteiger partial charge in [0.25, 0.3) is 5.91 Å². The Morgan fingerprint density at radius 1 is 1.29 bits per heavy atom. The molecule has 3 aromatic rings. The van der Waals surface area contributed by atoms with Crippen LogP contribution in [-0.4, -0.2) is 51.6 Å². The fourth-order valence-electron chi connectivity index (χ4n) is 3.82. The third kappa shape index (κ3) is 5.80. The summed E-state index contributed by atoms with van der Waals surface area (Å²) in [6, 6.07) is 2.92. The molecule has 0 saturated carbocycles. The molecule has 0 aromatic carbocycles. The molecule has 1 amide bonds. The maximum atomic E-state index is 14.8. The summed E-state index contributed by atoms with van der Waals surface area (Å²) < 4.78 is 20.4. The molecule has 0 spiro atoms. The number of amides is 1. The van der Waals surface area contributed by atoms with Gasteiger partial charge in [-0.25, -0.2) is 14.4 Å². The highest BCUT2D eigenvalue weighted by Crippen LogP contribution is 2.29. The summed E-state index contributed by atoms with van der Waals surface area (Å²) in [5.74, 6) is -0.807. The topological polar surface area (TPSA) is 145 Å². The van der Waals surface area contributed by atoms with Gasteiger partial charge in [-0.15, -0.1) is 0 Å². The maximum absolute atomic E-state index is 14.8. The summed E-state index contributed by atoms with van der Waals surface area (Å²) in [5, 5.41) is 2.81. The van der Waals surface area contributed by atoms with Crippen LogP contribution in [0.15, 0.2) is 36.9 Å². The van der Waals surface area contributed by atoms with Crippen molar-refractivity contribution in [3.8, 4) is 17.3 Å². The van der Waals surface area contributed by atoms with Gasteiger partial charge in [0.2, 0.25) is 5.88 Å². The normalized spacial score (nSPS) is 15.8. The maximum Gasteiger partial charge on any atom is 0.276 e. The lowest BCUT2D eigenvalue weighted by molar-refractivity contribution is 0.102. The third-order valence-corrected chi connectivity index (χ3v) is 5.48. The molecule has 1 aliphatic heterocycles. The number of piperidine rings is 1. The van der Waals surface area contributed by atoms with Gasteiger partial charge >= 0.3 is 0 Å². The van der Waals surface area contributed by atoms with E-state index in [1.165, 1.54) is 12.4 Å². The molecule has 4 rings (SSSR count). The third-order valence-electron chi connectivity index (χ3n) is 5.48. The van der Waals surface area contributed by atoms with Crippen molar-refractivity contribution in [2.75, 3.05) is 35.6 Å². The highest BCUT2D eigenvalue weighted by Gasteiger charge is 2.23. The van der Waals surface area contributed by atoms with Crippen molar-refractivity contribution in [1.29, 1.82) is 0 Å². The van der Waals surface area contributed by atoms with Crippen LogP contribution >= 0.6 is 0 Å². The van der Waals surface area contributed by atoms with E-state index in [2.05, 4.69) is 30.2 Å². The summed E-state index contributed by atoms with van der Waals surface area (Å²) >= 11 is 0. The Morgan fingerprint density at radius 3 is 2.89 bits per heavy atom. The highest BCUT2D eigenvalue weighted by atomic mass is 19.1. The van der Waals surface area contributed by atoms with Gasteiger partial charge in [-0.2, -0.15) is 0 Å². The van der Waals surface area contributed by atoms with Gasteiger partial charge in [0.05, 0.1) is 42.3 Å². The zero-order valence-corrected chi connectivity index (χ0v) is 19.7. The Balaban J connectivity index is 1.61. The van der Waals surface area contributed by atoms with E-state index in [9.17, 15) is 9.18 Å². The van der Waals surface area contributed by atoms with Crippen molar-refractivity contribution in [2.45, 2.75) is 32.7 Å². The van der Waals surface area contributed by atoms with Crippen molar-refractivity contribution in [3.05, 3.63) is 48.4 Å². The van der Waals surface area contributed by atoms with Crippen molar-refractivity contribution < 1.29 is 13.9 Å². The molecule has 0 aliphatic carbocycles. The van der Waals surface area contributed by atoms with Gasteiger partial charge < -0.3 is 26.4 Å². The number of nitrogens with two attached hydrogens (primary N) is 2. The SMILES string of the molecule is CC(C)COc1cncc(-c2nc(C(=O)Nc3cnccc3N3CCCC(N)C3)c(N)cc2F)n1. The molecule has 5 N–H and O–H groups in total. The number of hydrogen-bond acceptors (Lipinski definition) is 9. The van der Waals surface area contributed by atoms with Gasteiger partial charge in [-0.1, -0.05) is 13.8 Å². The average Bonchev–Trinajstić information content (AvgIpc) is 2.83. The van der Waals surface area contributed by atoms with Crippen LogP contribution in [0.4, 0.5) is 21.5 Å². The summed E-state index contributed by atoms with van der Waals surface area (Å²) in [6.45, 7) is 5.91. The number of hydrogen-bond donors (Lipinski definition) is 3. The zero-order valence-electron chi connectivity index (χ0n) is 19.7. The summed E-state index contributed by atoms with van der Waals surface area (Å²) in [4.78, 5) is 32.0. The number of aromatic nitrogens is 4. The summed E-state index contributed by atoms with van der Waals surface area (Å²) in [5.41, 5.74) is 13.1. The van der Waals surface area contributed by atoms with E-state index in [0.29, 0.717) is 18.8 Å². The minimum absolute atomic E-state index is 0.0545. The van der Waals surface area contributed by atoms with Gasteiger partial charge in [0.15, 0.2) is 11.5 Å². The number of rotatable bonds is 7. The van der Waals surface area contributed by atoms with Crippen LogP contribution in [0.3, 0.4) is 0 Å². The second-order valence-electron chi connectivity index (χ2n) is 8.90. The fraction of sp³-hybridized carbons (Fsp3) is 0.375. The first-order valence-electron chi connectivity index (χ1n) is 11.5. The largest absolute Gasteiger partial charge is 0.476 e. The van der Waals surface area contributed by atoms with Gasteiger partial charge in [-0.3, -0.25) is 14.8 Å². The Morgan fingerprint density at radius 2 is 2.11 bits per heavy atom. The minimum atomic E-state index is -0.723. The number of nitrogens with zero attached hydrogens (tertiary/aromatic N) is 5. The van der Waals surface area contributed by atoms with E-state index in [0.717, 1.165) is 31.1 Å². The Labute approximate surface area is 202 Å². The Bertz CT molecular complexity index is 1210. The van der Waals surface area contributed by atoms with Crippen molar-refractivity contribution in [1.82, 2.24) is 19.9 Å². The number of anilines is 3. The van der Waals surface area contributed by atoms with E-state index >= 15 is 0 Å². The zero-order chi connectivity index (χ0) is 24.9. The van der Waals surface area contributed by atoms with Crippen LogP contribution in [0.25, 0.3) is 11.4 Å². The first-order valence-corrected chi connectivity index (χ1v) is 11.5. The molecule has 1 saturated heterocycles. The van der Waals surface area contributed by atoms with E-state index < -0.39 is 11.7 Å². The van der Waals surface area contributed by atoms with Gasteiger partial charge in [-0.05, 0) is 24.8 Å². The molecule has 4 heterocycles. The van der Waals surface area contributed by atoms with Crippen LogP contribution in [0.2, 0.25) is 0 Å². The summed E-state index contributed by atoms with van der Waals surface area (Å²) in [7, 11) is 0. The number of ether oxygens (including phenoxy) is 1. The minimum Gasteiger partial charge on any atom is -0.476 e. The van der Waals surface area contributed by atoms with E-state index in [-0.39, 0.29) is 40.6 Å². The van der Waals surface area contributed by atoms with E-state index in [4.69, 9.17) is 16.2 Å². The van der Waals surface area contributed by atoms with Crippen LogP contribution < -0.4 is 26.4 Å². The number of nitrogens with one attached hydrogen (secondary N) is 1. The number of nitrogen functional groups attached to an aromatic ring is 1. The lowest BCUT2D eigenvalue weighted by Gasteiger charge is -2.33. The lowest BCUT2D eigenvalue weighted by atomic mass is 10.1. The average molecular weight is 481 g/mol. The van der Waals surface area contributed by atoms with Crippen LogP contribution in [0.5, 0.6) is 5.88 Å². The second kappa shape index (κ2) is 10.6. The molecule has 1 aliphatic rings. The van der Waals surface area contributed by atoms with Crippen molar-refractivity contribution >= 4 is 23.0 Å². The smallest absolute Gasteiger partial charge is 0.276 e. The van der Waals surface area contributed by atoms with Gasteiger partial charge in [0.1, 0.15) is 11.4 Å². The van der Waals surface area contributed by atoms with Crippen LogP contribution in [0.1, 0.15) is 37.2 Å². The lowest BCUT2D eigenvalue weighted by Crippen LogP contribution is -2.43. The summed E-state index contributed by atoms with van der Waals surface area (Å²) in [6.07, 6.45) is 7.90. The number of carbonyl (C=O) groups excluding carboxylic acids is 1. The second-order valence-corrected chi connectivity index (χ2v) is 8.90. The molecule has 10 nitrogen and oxygen atoms in total. The first-order chi connectivity index (χ1) is 16.8. The standard InChI is InChI=1S/C24H29FN8O2/c1-14(2)13-35-21-11-29-10-19(30-21)22-16(25)8-17(27)23(32-22)24(34)31-18-9-28-6-5-20(18)33-7-3-4-15(26)12-33/h5-6,8-11,14-15H,3-4,7,12-13,26-27H2,1-2H3,(H,31,34). The molecule has 1 atom stereocenters. The molecule has 3 aromatic heterocycles. The Hall–Kier alpha value is -3.86.